The molecule has 2 fully saturated rings. The molecule has 7 heteroatoms. The first-order valence-electron chi connectivity index (χ1n) is 12.1. The first-order valence-corrected chi connectivity index (χ1v) is 12.1. The quantitative estimate of drug-likeness (QED) is 0.644. The van der Waals surface area contributed by atoms with Gasteiger partial charge in [-0.05, 0) is 53.9 Å². The summed E-state index contributed by atoms with van der Waals surface area (Å²) in [6.07, 6.45) is 2.57. The van der Waals surface area contributed by atoms with Gasteiger partial charge in [0.25, 0.3) is 0 Å². The molecule has 1 saturated carbocycles. The van der Waals surface area contributed by atoms with Gasteiger partial charge in [-0.2, -0.15) is 0 Å². The number of rotatable bonds is 7. The van der Waals surface area contributed by atoms with E-state index in [1.54, 1.807) is 0 Å². The molecule has 2 aromatic carbocycles. The SMILES string of the molecule is CCC[C@@H](NC(=O)OCC1c2ccccc2-c2ccccc21)C(=O)N1CCC[C@@H]2C[C@@]21C(=O)O. The van der Waals surface area contributed by atoms with Gasteiger partial charge in [0.2, 0.25) is 5.91 Å². The largest absolute Gasteiger partial charge is 0.479 e. The molecule has 2 aromatic rings. The van der Waals surface area contributed by atoms with Gasteiger partial charge in [-0.1, -0.05) is 61.9 Å². The number of aliphatic carboxylic acids is 1. The maximum atomic E-state index is 13.4. The zero-order chi connectivity index (χ0) is 23.9. The zero-order valence-electron chi connectivity index (χ0n) is 19.3. The van der Waals surface area contributed by atoms with Crippen molar-refractivity contribution < 1.29 is 24.2 Å². The van der Waals surface area contributed by atoms with E-state index in [-0.39, 0.29) is 24.3 Å². The average molecular weight is 463 g/mol. The van der Waals surface area contributed by atoms with Crippen molar-refractivity contribution in [1.29, 1.82) is 0 Å². The summed E-state index contributed by atoms with van der Waals surface area (Å²) in [5.41, 5.74) is 3.44. The van der Waals surface area contributed by atoms with Crippen LogP contribution in [0.2, 0.25) is 0 Å². The normalized spacial score (nSPS) is 23.3. The Balaban J connectivity index is 1.27. The van der Waals surface area contributed by atoms with E-state index in [9.17, 15) is 19.5 Å². The number of carbonyl (C=O) groups excluding carboxylic acids is 2. The molecular formula is C27H30N2O5. The Labute approximate surface area is 199 Å². The number of amides is 2. The van der Waals surface area contributed by atoms with E-state index in [0.717, 1.165) is 35.1 Å². The van der Waals surface area contributed by atoms with Crippen LogP contribution < -0.4 is 5.32 Å². The van der Waals surface area contributed by atoms with Crippen LogP contribution in [0.4, 0.5) is 4.79 Å². The first-order chi connectivity index (χ1) is 16.5. The number of alkyl carbamates (subject to hydrolysis) is 1. The molecule has 2 amide bonds. The van der Waals surface area contributed by atoms with Gasteiger partial charge >= 0.3 is 12.1 Å². The maximum absolute atomic E-state index is 13.4. The summed E-state index contributed by atoms with van der Waals surface area (Å²) in [7, 11) is 0. The molecule has 0 radical (unpaired) electrons. The number of nitrogens with zero attached hydrogens (tertiary/aromatic N) is 1. The number of nitrogens with one attached hydrogen (secondary N) is 1. The molecule has 0 spiro atoms. The molecule has 1 aliphatic heterocycles. The number of carboxylic acid groups (broad SMARTS) is 1. The molecule has 0 bridgehead atoms. The Kier molecular flexibility index (Phi) is 5.80. The Morgan fingerprint density at radius 3 is 2.38 bits per heavy atom. The van der Waals surface area contributed by atoms with E-state index in [1.807, 2.05) is 31.2 Å². The van der Waals surface area contributed by atoms with Gasteiger partial charge in [-0.25, -0.2) is 9.59 Å². The second-order valence-corrected chi connectivity index (χ2v) is 9.57. The van der Waals surface area contributed by atoms with Gasteiger partial charge < -0.3 is 20.1 Å². The monoisotopic (exact) mass is 462 g/mol. The predicted molar refractivity (Wildman–Crippen MR) is 126 cm³/mol. The lowest BCUT2D eigenvalue weighted by Gasteiger charge is -2.36. The van der Waals surface area contributed by atoms with Crippen LogP contribution in [-0.4, -0.2) is 52.7 Å². The number of fused-ring (bicyclic) bond motifs is 4. The van der Waals surface area contributed by atoms with Gasteiger partial charge in [-0.3, -0.25) is 4.79 Å². The zero-order valence-corrected chi connectivity index (χ0v) is 19.3. The van der Waals surface area contributed by atoms with Crippen molar-refractivity contribution >= 4 is 18.0 Å². The Bertz CT molecular complexity index is 1090. The van der Waals surface area contributed by atoms with Crippen LogP contribution in [0.1, 0.15) is 56.1 Å². The third kappa shape index (κ3) is 3.63. The van der Waals surface area contributed by atoms with Crippen LogP contribution in [0.3, 0.4) is 0 Å². The van der Waals surface area contributed by atoms with Crippen molar-refractivity contribution in [2.24, 2.45) is 5.92 Å². The molecular weight excluding hydrogens is 432 g/mol. The Hall–Kier alpha value is -3.35. The number of piperidine rings is 1. The van der Waals surface area contributed by atoms with Crippen LogP contribution in [0.5, 0.6) is 0 Å². The molecule has 0 unspecified atom stereocenters. The van der Waals surface area contributed by atoms with E-state index in [1.165, 1.54) is 4.90 Å². The van der Waals surface area contributed by atoms with Gasteiger partial charge in [0, 0.05) is 12.5 Å². The van der Waals surface area contributed by atoms with Crippen LogP contribution in [0, 0.1) is 5.92 Å². The van der Waals surface area contributed by atoms with Crippen molar-refractivity contribution in [3.05, 3.63) is 59.7 Å². The lowest BCUT2D eigenvalue weighted by molar-refractivity contribution is -0.155. The maximum Gasteiger partial charge on any atom is 0.407 e. The number of benzene rings is 2. The van der Waals surface area contributed by atoms with E-state index in [2.05, 4.69) is 29.6 Å². The molecule has 34 heavy (non-hydrogen) atoms. The lowest BCUT2D eigenvalue weighted by atomic mass is 9.98. The fourth-order valence-electron chi connectivity index (χ4n) is 5.88. The van der Waals surface area contributed by atoms with Crippen molar-refractivity contribution in [1.82, 2.24) is 10.2 Å². The lowest BCUT2D eigenvalue weighted by Crippen LogP contribution is -2.57. The van der Waals surface area contributed by atoms with Crippen molar-refractivity contribution in [2.45, 2.75) is 56.5 Å². The second kappa shape index (κ2) is 8.78. The molecule has 0 aromatic heterocycles. The smallest absolute Gasteiger partial charge is 0.407 e. The summed E-state index contributed by atoms with van der Waals surface area (Å²) in [6.45, 7) is 2.51. The summed E-state index contributed by atoms with van der Waals surface area (Å²) in [5, 5.41) is 12.5. The second-order valence-electron chi connectivity index (χ2n) is 9.57. The van der Waals surface area contributed by atoms with E-state index in [4.69, 9.17) is 4.74 Å². The van der Waals surface area contributed by atoms with Crippen molar-refractivity contribution in [3.63, 3.8) is 0 Å². The standard InChI is InChI=1S/C27H30N2O5/c1-2-8-23(24(30)29-14-7-9-17-15-27(17,29)25(31)32)28-26(33)34-16-22-20-12-5-3-10-18(20)19-11-4-6-13-21(19)22/h3-6,10-13,17,22-23H,2,7-9,14-16H2,1H3,(H,28,33)(H,31,32)/t17-,23-,27+/m1/s1. The highest BCUT2D eigenvalue weighted by molar-refractivity contribution is 5.94. The Morgan fingerprint density at radius 1 is 1.12 bits per heavy atom. The number of carboxylic acids is 1. The summed E-state index contributed by atoms with van der Waals surface area (Å²) in [4.78, 5) is 39.6. The van der Waals surface area contributed by atoms with Crippen LogP contribution in [0.15, 0.2) is 48.5 Å². The number of hydrogen-bond acceptors (Lipinski definition) is 4. The third-order valence-electron chi connectivity index (χ3n) is 7.64. The third-order valence-corrected chi connectivity index (χ3v) is 7.64. The first kappa shape index (κ1) is 22.4. The van der Waals surface area contributed by atoms with Gasteiger partial charge in [0.1, 0.15) is 18.2 Å². The van der Waals surface area contributed by atoms with Crippen molar-refractivity contribution in [2.75, 3.05) is 13.2 Å². The van der Waals surface area contributed by atoms with Crippen LogP contribution in [-0.2, 0) is 14.3 Å². The minimum absolute atomic E-state index is 0.0134. The average Bonchev–Trinajstić information content (AvgIpc) is 3.53. The summed E-state index contributed by atoms with van der Waals surface area (Å²) in [6, 6.07) is 15.4. The van der Waals surface area contributed by atoms with Crippen LogP contribution in [0.25, 0.3) is 11.1 Å². The topological polar surface area (TPSA) is 95.9 Å². The fourth-order valence-corrected chi connectivity index (χ4v) is 5.88. The summed E-state index contributed by atoms with van der Waals surface area (Å²) in [5.74, 6) is -1.32. The van der Waals surface area contributed by atoms with Gasteiger partial charge in [-0.15, -0.1) is 0 Å². The number of hydrogen-bond donors (Lipinski definition) is 2. The number of ether oxygens (including phenoxy) is 1. The molecule has 2 N–H and O–H groups in total. The van der Waals surface area contributed by atoms with Gasteiger partial charge in [0.15, 0.2) is 0 Å². The minimum Gasteiger partial charge on any atom is -0.479 e. The highest BCUT2D eigenvalue weighted by Gasteiger charge is 2.67. The molecule has 178 valence electrons. The highest BCUT2D eigenvalue weighted by atomic mass is 16.5. The number of carbonyl (C=O) groups is 3. The molecule has 7 nitrogen and oxygen atoms in total. The number of likely N-dealkylation sites (tertiary alicyclic amines) is 1. The summed E-state index contributed by atoms with van der Waals surface area (Å²) >= 11 is 0. The molecule has 5 rings (SSSR count). The molecule has 3 atom stereocenters. The molecule has 1 heterocycles. The highest BCUT2D eigenvalue weighted by Crippen LogP contribution is 2.54. The van der Waals surface area contributed by atoms with Crippen LogP contribution >= 0.6 is 0 Å². The van der Waals surface area contributed by atoms with E-state index >= 15 is 0 Å². The Morgan fingerprint density at radius 2 is 1.76 bits per heavy atom. The van der Waals surface area contributed by atoms with Gasteiger partial charge in [0.05, 0.1) is 0 Å². The predicted octanol–water partition coefficient (Wildman–Crippen LogP) is 4.16. The summed E-state index contributed by atoms with van der Waals surface area (Å²) < 4.78 is 5.63. The fraction of sp³-hybridized carbons (Fsp3) is 0.444. The van der Waals surface area contributed by atoms with Crippen molar-refractivity contribution in [3.8, 4) is 11.1 Å². The van der Waals surface area contributed by atoms with E-state index < -0.39 is 23.6 Å². The molecule has 3 aliphatic rings. The minimum atomic E-state index is -1.09. The van der Waals surface area contributed by atoms with E-state index in [0.29, 0.717) is 25.8 Å². The molecule has 2 aliphatic carbocycles. The molecule has 1 saturated heterocycles.